The summed E-state index contributed by atoms with van der Waals surface area (Å²) < 4.78 is 9.69. The molecule has 0 spiro atoms. The maximum Gasteiger partial charge on any atom is 0.338 e. The number of hydrogen-bond acceptors (Lipinski definition) is 5. The predicted octanol–water partition coefficient (Wildman–Crippen LogP) is 3.36. The van der Waals surface area contributed by atoms with Gasteiger partial charge in [-0.1, -0.05) is 19.1 Å². The monoisotopic (exact) mass is 304 g/mol. The summed E-state index contributed by atoms with van der Waals surface area (Å²) in [6.07, 6.45) is 0.809. The van der Waals surface area contributed by atoms with E-state index in [1.807, 2.05) is 6.92 Å². The van der Waals surface area contributed by atoms with Gasteiger partial charge >= 0.3 is 5.97 Å². The van der Waals surface area contributed by atoms with Crippen LogP contribution in [0.2, 0.25) is 0 Å². The summed E-state index contributed by atoms with van der Waals surface area (Å²) in [5, 5.41) is 17.9. The molecule has 0 amide bonds. The van der Waals surface area contributed by atoms with Gasteiger partial charge in [0, 0.05) is 0 Å². The molecule has 0 bridgehead atoms. The minimum Gasteiger partial charge on any atom is -0.508 e. The molecule has 0 fully saturated rings. The second-order valence-electron chi connectivity index (χ2n) is 4.35. The number of benzene rings is 2. The molecule has 0 heterocycles. The first kappa shape index (κ1) is 17.4. The van der Waals surface area contributed by atoms with E-state index in [-0.39, 0.29) is 17.5 Å². The molecule has 5 heteroatoms. The number of phenols is 2. The van der Waals surface area contributed by atoms with E-state index in [2.05, 4.69) is 0 Å². The van der Waals surface area contributed by atoms with Crippen molar-refractivity contribution in [1.29, 1.82) is 0 Å². The fourth-order valence-corrected chi connectivity index (χ4v) is 1.51. The van der Waals surface area contributed by atoms with Crippen LogP contribution >= 0.6 is 0 Å². The Balaban J connectivity index is 0.000000235. The number of carbonyl (C=O) groups excluding carboxylic acids is 1. The fourth-order valence-electron chi connectivity index (χ4n) is 1.51. The first-order valence-electron chi connectivity index (χ1n) is 6.86. The molecule has 2 N–H and O–H groups in total. The Morgan fingerprint density at radius 1 is 1.05 bits per heavy atom. The summed E-state index contributed by atoms with van der Waals surface area (Å²) >= 11 is 0. The van der Waals surface area contributed by atoms with E-state index < -0.39 is 0 Å². The molecule has 118 valence electrons. The summed E-state index contributed by atoms with van der Waals surface area (Å²) in [6.45, 7) is 2.36. The zero-order valence-electron chi connectivity index (χ0n) is 12.7. The number of esters is 1. The average Bonchev–Trinajstić information content (AvgIpc) is 2.54. The molecule has 0 aliphatic heterocycles. The van der Waals surface area contributed by atoms with E-state index >= 15 is 0 Å². The van der Waals surface area contributed by atoms with E-state index in [4.69, 9.17) is 19.7 Å². The molecule has 0 saturated heterocycles. The third-order valence-electron chi connectivity index (χ3n) is 2.63. The van der Waals surface area contributed by atoms with Crippen LogP contribution in [0.1, 0.15) is 23.7 Å². The third kappa shape index (κ3) is 5.75. The summed E-state index contributed by atoms with van der Waals surface area (Å²) in [5.74, 6) is 0.492. The molecule has 2 aromatic rings. The summed E-state index contributed by atoms with van der Waals surface area (Å²) in [7, 11) is 1.52. The van der Waals surface area contributed by atoms with Gasteiger partial charge in [-0.25, -0.2) is 4.79 Å². The van der Waals surface area contributed by atoms with Gasteiger partial charge in [0.1, 0.15) is 5.75 Å². The molecule has 0 aliphatic rings. The molecular formula is C17H20O5. The van der Waals surface area contributed by atoms with Crippen LogP contribution in [0.15, 0.2) is 48.5 Å². The van der Waals surface area contributed by atoms with Gasteiger partial charge in [0.05, 0.1) is 19.3 Å². The number of rotatable bonds is 4. The second-order valence-corrected chi connectivity index (χ2v) is 4.35. The van der Waals surface area contributed by atoms with Gasteiger partial charge in [-0.15, -0.1) is 0 Å². The van der Waals surface area contributed by atoms with Crippen LogP contribution in [0.25, 0.3) is 0 Å². The van der Waals surface area contributed by atoms with Crippen molar-refractivity contribution in [3.63, 3.8) is 0 Å². The molecule has 2 aromatic carbocycles. The van der Waals surface area contributed by atoms with Crippen LogP contribution in [-0.4, -0.2) is 29.9 Å². The SMILES string of the molecule is CCCOC(=O)c1ccc(O)cc1.COc1ccccc1O. The van der Waals surface area contributed by atoms with Crippen molar-refractivity contribution >= 4 is 5.97 Å². The smallest absolute Gasteiger partial charge is 0.338 e. The maximum absolute atomic E-state index is 11.2. The van der Waals surface area contributed by atoms with E-state index in [0.717, 1.165) is 6.42 Å². The van der Waals surface area contributed by atoms with Gasteiger partial charge in [-0.05, 0) is 42.8 Å². The highest BCUT2D eigenvalue weighted by Gasteiger charge is 2.05. The van der Waals surface area contributed by atoms with Crippen LogP contribution in [0.3, 0.4) is 0 Å². The Kier molecular flexibility index (Phi) is 7.33. The minimum atomic E-state index is -0.346. The van der Waals surface area contributed by atoms with E-state index in [0.29, 0.717) is 17.9 Å². The van der Waals surface area contributed by atoms with Crippen molar-refractivity contribution in [2.24, 2.45) is 0 Å². The number of hydrogen-bond donors (Lipinski definition) is 2. The van der Waals surface area contributed by atoms with E-state index in [1.54, 1.807) is 24.3 Å². The third-order valence-corrected chi connectivity index (χ3v) is 2.63. The topological polar surface area (TPSA) is 76.0 Å². The van der Waals surface area contributed by atoms with Gasteiger partial charge in [-0.2, -0.15) is 0 Å². The quantitative estimate of drug-likeness (QED) is 0.847. The van der Waals surface area contributed by atoms with Crippen LogP contribution in [0, 0.1) is 0 Å². The van der Waals surface area contributed by atoms with Gasteiger partial charge in [0.25, 0.3) is 0 Å². The second kappa shape index (κ2) is 9.28. The molecule has 0 radical (unpaired) electrons. The Morgan fingerprint density at radius 3 is 2.18 bits per heavy atom. The van der Waals surface area contributed by atoms with Crippen molar-refractivity contribution in [2.75, 3.05) is 13.7 Å². The Labute approximate surface area is 129 Å². The van der Waals surface area contributed by atoms with Crippen LogP contribution in [0.4, 0.5) is 0 Å². The first-order chi connectivity index (χ1) is 10.6. The lowest BCUT2D eigenvalue weighted by Crippen LogP contribution is -2.05. The van der Waals surface area contributed by atoms with Gasteiger partial charge < -0.3 is 19.7 Å². The molecule has 0 aliphatic carbocycles. The molecule has 2 rings (SSSR count). The Morgan fingerprint density at radius 2 is 1.68 bits per heavy atom. The number of para-hydroxylation sites is 2. The lowest BCUT2D eigenvalue weighted by atomic mass is 10.2. The number of aromatic hydroxyl groups is 2. The normalized spacial score (nSPS) is 9.36. The van der Waals surface area contributed by atoms with E-state index in [1.165, 1.54) is 31.4 Å². The van der Waals surface area contributed by atoms with Crippen molar-refractivity contribution in [3.8, 4) is 17.2 Å². The number of ether oxygens (including phenoxy) is 2. The number of phenolic OH excluding ortho intramolecular Hbond substituents is 2. The van der Waals surface area contributed by atoms with Crippen LogP contribution in [0.5, 0.6) is 17.2 Å². The van der Waals surface area contributed by atoms with Crippen LogP contribution < -0.4 is 4.74 Å². The van der Waals surface area contributed by atoms with Crippen LogP contribution in [-0.2, 0) is 4.74 Å². The maximum atomic E-state index is 11.2. The fraction of sp³-hybridized carbons (Fsp3) is 0.235. The van der Waals surface area contributed by atoms with Crippen molar-refractivity contribution in [3.05, 3.63) is 54.1 Å². The highest BCUT2D eigenvalue weighted by molar-refractivity contribution is 5.89. The molecular weight excluding hydrogens is 284 g/mol. The Bertz CT molecular complexity index is 578. The van der Waals surface area contributed by atoms with Crippen molar-refractivity contribution in [2.45, 2.75) is 13.3 Å². The minimum absolute atomic E-state index is 0.145. The molecule has 5 nitrogen and oxygen atoms in total. The summed E-state index contributed by atoms with van der Waals surface area (Å²) in [4.78, 5) is 11.2. The zero-order chi connectivity index (χ0) is 16.4. The highest BCUT2D eigenvalue weighted by atomic mass is 16.5. The largest absolute Gasteiger partial charge is 0.508 e. The standard InChI is InChI=1S/C10H12O3.C7H8O2/c1-2-7-13-10(12)8-3-5-9(11)6-4-8;1-9-7-5-3-2-4-6(7)8/h3-6,11H,2,7H2,1H3;2-5,8H,1H3. The van der Waals surface area contributed by atoms with Crippen molar-refractivity contribution in [1.82, 2.24) is 0 Å². The lowest BCUT2D eigenvalue weighted by Gasteiger charge is -2.02. The first-order valence-corrected chi connectivity index (χ1v) is 6.86. The molecule has 22 heavy (non-hydrogen) atoms. The van der Waals surface area contributed by atoms with Gasteiger partial charge in [-0.3, -0.25) is 0 Å². The molecule has 0 aromatic heterocycles. The highest BCUT2D eigenvalue weighted by Crippen LogP contribution is 2.23. The molecule has 0 unspecified atom stereocenters. The predicted molar refractivity (Wildman–Crippen MR) is 83.3 cm³/mol. The Hall–Kier alpha value is -2.69. The average molecular weight is 304 g/mol. The lowest BCUT2D eigenvalue weighted by molar-refractivity contribution is 0.0505. The number of methoxy groups -OCH3 is 1. The van der Waals surface area contributed by atoms with Gasteiger partial charge in [0.2, 0.25) is 0 Å². The van der Waals surface area contributed by atoms with E-state index in [9.17, 15) is 4.79 Å². The van der Waals surface area contributed by atoms with Crippen molar-refractivity contribution < 1.29 is 24.5 Å². The summed E-state index contributed by atoms with van der Waals surface area (Å²) in [5.41, 5.74) is 0.464. The zero-order valence-corrected chi connectivity index (χ0v) is 12.7. The number of carbonyl (C=O) groups is 1. The molecule has 0 saturated carbocycles. The molecule has 0 atom stereocenters. The van der Waals surface area contributed by atoms with Gasteiger partial charge in [0.15, 0.2) is 11.5 Å². The summed E-state index contributed by atoms with van der Waals surface area (Å²) in [6, 6.07) is 12.8.